The van der Waals surface area contributed by atoms with Crippen LogP contribution in [0, 0.1) is 6.92 Å². The van der Waals surface area contributed by atoms with Crippen molar-refractivity contribution in [3.05, 3.63) is 29.3 Å². The van der Waals surface area contributed by atoms with Crippen LogP contribution < -0.4 is 10.1 Å². The van der Waals surface area contributed by atoms with E-state index in [4.69, 9.17) is 9.47 Å². The van der Waals surface area contributed by atoms with Crippen LogP contribution >= 0.6 is 0 Å². The summed E-state index contributed by atoms with van der Waals surface area (Å²) in [6.07, 6.45) is 0.386. The summed E-state index contributed by atoms with van der Waals surface area (Å²) >= 11 is 0. The standard InChI is InChI=1S/C18H25NO6S/c1-12(2)16-5-4-15(8-13(16)3)24-10-18(21)25-9-17(20)19-14-6-7-26(22,23)11-14/h4-5,8,12,14H,6-7,9-11H2,1-3H3,(H,19,20)/t14-/m1/s1. The highest BCUT2D eigenvalue weighted by atomic mass is 32.2. The average Bonchev–Trinajstić information content (AvgIpc) is 2.89. The van der Waals surface area contributed by atoms with E-state index in [9.17, 15) is 18.0 Å². The van der Waals surface area contributed by atoms with Crippen molar-refractivity contribution in [3.8, 4) is 5.75 Å². The topological polar surface area (TPSA) is 98.8 Å². The van der Waals surface area contributed by atoms with Crippen LogP contribution in [0.5, 0.6) is 5.75 Å². The summed E-state index contributed by atoms with van der Waals surface area (Å²) in [5.74, 6) is -0.212. The van der Waals surface area contributed by atoms with Gasteiger partial charge in [0.15, 0.2) is 23.1 Å². The number of rotatable bonds is 7. The highest BCUT2D eigenvalue weighted by molar-refractivity contribution is 7.91. The third-order valence-electron chi connectivity index (χ3n) is 4.18. The van der Waals surface area contributed by atoms with Gasteiger partial charge in [0.1, 0.15) is 5.75 Å². The van der Waals surface area contributed by atoms with E-state index in [1.165, 1.54) is 5.56 Å². The summed E-state index contributed by atoms with van der Waals surface area (Å²) in [6, 6.07) is 5.20. The molecule has 0 aliphatic carbocycles. The summed E-state index contributed by atoms with van der Waals surface area (Å²) < 4.78 is 32.9. The number of aryl methyl sites for hydroxylation is 1. The lowest BCUT2D eigenvalue weighted by atomic mass is 9.98. The van der Waals surface area contributed by atoms with Gasteiger partial charge in [0, 0.05) is 6.04 Å². The lowest BCUT2D eigenvalue weighted by molar-refractivity contribution is -0.150. The summed E-state index contributed by atoms with van der Waals surface area (Å²) in [4.78, 5) is 23.4. The molecule has 1 heterocycles. The fourth-order valence-electron chi connectivity index (χ4n) is 2.89. The van der Waals surface area contributed by atoms with Gasteiger partial charge in [-0.3, -0.25) is 4.79 Å². The number of carbonyl (C=O) groups is 2. The molecule has 1 fully saturated rings. The van der Waals surface area contributed by atoms with Crippen molar-refractivity contribution in [2.45, 2.75) is 39.2 Å². The fraction of sp³-hybridized carbons (Fsp3) is 0.556. The first-order chi connectivity index (χ1) is 12.2. The zero-order chi connectivity index (χ0) is 19.3. The van der Waals surface area contributed by atoms with Gasteiger partial charge in [-0.2, -0.15) is 0 Å². The molecule has 8 heteroatoms. The van der Waals surface area contributed by atoms with Crippen LogP contribution in [-0.4, -0.2) is 51.1 Å². The van der Waals surface area contributed by atoms with Gasteiger partial charge in [-0.05, 0) is 42.5 Å². The number of benzene rings is 1. The monoisotopic (exact) mass is 383 g/mol. The number of carbonyl (C=O) groups excluding carboxylic acids is 2. The molecule has 1 saturated heterocycles. The summed E-state index contributed by atoms with van der Waals surface area (Å²) in [6.45, 7) is 5.43. The van der Waals surface area contributed by atoms with Crippen LogP contribution in [-0.2, 0) is 24.2 Å². The van der Waals surface area contributed by atoms with E-state index in [0.717, 1.165) is 5.56 Å². The van der Waals surface area contributed by atoms with Crippen LogP contribution in [0.3, 0.4) is 0 Å². The number of amides is 1. The average molecular weight is 383 g/mol. The summed E-state index contributed by atoms with van der Waals surface area (Å²) in [5.41, 5.74) is 2.29. The van der Waals surface area contributed by atoms with Crippen molar-refractivity contribution in [3.63, 3.8) is 0 Å². The highest BCUT2D eigenvalue weighted by Gasteiger charge is 2.29. The molecule has 0 aromatic heterocycles. The van der Waals surface area contributed by atoms with Gasteiger partial charge in [0.05, 0.1) is 11.5 Å². The molecule has 1 amide bonds. The van der Waals surface area contributed by atoms with E-state index in [1.807, 2.05) is 19.1 Å². The molecule has 0 saturated carbocycles. The number of hydrogen-bond donors (Lipinski definition) is 1. The number of esters is 1. The molecule has 0 unspecified atom stereocenters. The third kappa shape index (κ3) is 6.01. The lowest BCUT2D eigenvalue weighted by Gasteiger charge is -2.13. The molecule has 1 aromatic carbocycles. The van der Waals surface area contributed by atoms with Crippen LogP contribution in [0.15, 0.2) is 18.2 Å². The van der Waals surface area contributed by atoms with Gasteiger partial charge in [-0.1, -0.05) is 19.9 Å². The Bertz CT molecular complexity index is 772. The van der Waals surface area contributed by atoms with Crippen LogP contribution in [0.25, 0.3) is 0 Å². The number of hydrogen-bond acceptors (Lipinski definition) is 6. The van der Waals surface area contributed by atoms with Crippen LogP contribution in [0.2, 0.25) is 0 Å². The first-order valence-corrected chi connectivity index (χ1v) is 10.4. The number of ether oxygens (including phenoxy) is 2. The Labute approximate surface area is 154 Å². The fourth-order valence-corrected chi connectivity index (χ4v) is 4.57. The van der Waals surface area contributed by atoms with Crippen molar-refractivity contribution in [1.82, 2.24) is 5.32 Å². The smallest absolute Gasteiger partial charge is 0.344 e. The first-order valence-electron chi connectivity index (χ1n) is 8.55. The molecule has 1 N–H and O–H groups in total. The van der Waals surface area contributed by atoms with Gasteiger partial charge in [-0.25, -0.2) is 13.2 Å². The van der Waals surface area contributed by atoms with Crippen molar-refractivity contribution < 1.29 is 27.5 Å². The van der Waals surface area contributed by atoms with E-state index in [2.05, 4.69) is 19.2 Å². The number of sulfone groups is 1. The molecule has 1 aliphatic rings. The second-order valence-electron chi connectivity index (χ2n) is 6.79. The minimum atomic E-state index is -3.07. The van der Waals surface area contributed by atoms with Gasteiger partial charge in [0.2, 0.25) is 0 Å². The van der Waals surface area contributed by atoms with Crippen molar-refractivity contribution in [2.75, 3.05) is 24.7 Å². The lowest BCUT2D eigenvalue weighted by Crippen LogP contribution is -2.38. The molecule has 144 valence electrons. The normalized spacial score (nSPS) is 18.5. The van der Waals surface area contributed by atoms with E-state index in [-0.39, 0.29) is 18.1 Å². The Balaban J connectivity index is 1.72. The Morgan fingerprint density at radius 3 is 2.58 bits per heavy atom. The molecule has 0 spiro atoms. The van der Waals surface area contributed by atoms with Crippen LogP contribution in [0.1, 0.15) is 37.3 Å². The van der Waals surface area contributed by atoms with Crippen molar-refractivity contribution >= 4 is 21.7 Å². The zero-order valence-corrected chi connectivity index (χ0v) is 16.1. The third-order valence-corrected chi connectivity index (χ3v) is 5.95. The van der Waals surface area contributed by atoms with Gasteiger partial charge >= 0.3 is 5.97 Å². The Morgan fingerprint density at radius 2 is 2.00 bits per heavy atom. The maximum atomic E-state index is 11.7. The summed E-state index contributed by atoms with van der Waals surface area (Å²) in [7, 11) is -3.07. The second kappa shape index (κ2) is 8.53. The molecular weight excluding hydrogens is 358 g/mol. The quantitative estimate of drug-likeness (QED) is 0.714. The molecule has 1 aliphatic heterocycles. The van der Waals surface area contributed by atoms with E-state index in [1.54, 1.807) is 6.07 Å². The predicted molar refractivity (Wildman–Crippen MR) is 96.9 cm³/mol. The van der Waals surface area contributed by atoms with E-state index in [0.29, 0.717) is 18.1 Å². The maximum absolute atomic E-state index is 11.7. The molecule has 0 radical (unpaired) electrons. The number of nitrogens with one attached hydrogen (secondary N) is 1. The minimum Gasteiger partial charge on any atom is -0.482 e. The Hall–Kier alpha value is -2.09. The predicted octanol–water partition coefficient (Wildman–Crippen LogP) is 1.34. The molecule has 26 heavy (non-hydrogen) atoms. The molecular formula is C18H25NO6S. The van der Waals surface area contributed by atoms with Gasteiger partial charge < -0.3 is 14.8 Å². The highest BCUT2D eigenvalue weighted by Crippen LogP contribution is 2.23. The minimum absolute atomic E-state index is 0.0679. The molecule has 7 nitrogen and oxygen atoms in total. The zero-order valence-electron chi connectivity index (χ0n) is 15.3. The Kier molecular flexibility index (Phi) is 6.63. The van der Waals surface area contributed by atoms with Crippen molar-refractivity contribution in [1.29, 1.82) is 0 Å². The molecule has 0 bridgehead atoms. The molecule has 1 atom stereocenters. The van der Waals surface area contributed by atoms with Gasteiger partial charge in [0.25, 0.3) is 5.91 Å². The molecule has 2 rings (SSSR count). The van der Waals surface area contributed by atoms with Gasteiger partial charge in [-0.15, -0.1) is 0 Å². The largest absolute Gasteiger partial charge is 0.482 e. The maximum Gasteiger partial charge on any atom is 0.344 e. The second-order valence-corrected chi connectivity index (χ2v) is 9.02. The van der Waals surface area contributed by atoms with E-state index < -0.39 is 34.4 Å². The van der Waals surface area contributed by atoms with Crippen LogP contribution in [0.4, 0.5) is 0 Å². The van der Waals surface area contributed by atoms with Crippen molar-refractivity contribution in [2.24, 2.45) is 0 Å². The summed E-state index contributed by atoms with van der Waals surface area (Å²) in [5, 5.41) is 2.55. The molecule has 1 aromatic rings. The Morgan fingerprint density at radius 1 is 1.27 bits per heavy atom. The SMILES string of the molecule is Cc1cc(OCC(=O)OCC(=O)N[C@@H]2CCS(=O)(=O)C2)ccc1C(C)C. The first kappa shape index (κ1) is 20.2. The van der Waals surface area contributed by atoms with E-state index >= 15 is 0 Å².